The van der Waals surface area contributed by atoms with E-state index < -0.39 is 20.5 Å². The number of hydrogen-bond donors (Lipinski definition) is 0. The zero-order valence-corrected chi connectivity index (χ0v) is 19.4. The quantitative estimate of drug-likeness (QED) is 0.329. The predicted molar refractivity (Wildman–Crippen MR) is 121 cm³/mol. The summed E-state index contributed by atoms with van der Waals surface area (Å²) in [4.78, 5) is 28.9. The average molecular weight is 541 g/mol. The van der Waals surface area contributed by atoms with Gasteiger partial charge in [-0.25, -0.2) is 4.39 Å². The van der Waals surface area contributed by atoms with Crippen LogP contribution in [0.1, 0.15) is 27.8 Å². The van der Waals surface area contributed by atoms with Crippen molar-refractivity contribution < 1.29 is 14.0 Å². The van der Waals surface area contributed by atoms with Crippen LogP contribution in [-0.2, 0) is 24.8 Å². The van der Waals surface area contributed by atoms with Crippen molar-refractivity contribution in [2.24, 2.45) is 11.8 Å². The number of amides is 2. The highest BCUT2D eigenvalue weighted by Gasteiger charge is 2.72. The van der Waals surface area contributed by atoms with Crippen molar-refractivity contribution in [3.8, 4) is 0 Å². The summed E-state index contributed by atoms with van der Waals surface area (Å²) < 4.78 is 11.8. The maximum Gasteiger partial charge on any atom is 0.235 e. The molecule has 2 atom stereocenters. The summed E-state index contributed by atoms with van der Waals surface area (Å²) in [7, 11) is 0. The molecule has 2 bridgehead atoms. The zero-order chi connectivity index (χ0) is 21.5. The Balaban J connectivity index is 1.56. The first-order valence-electron chi connectivity index (χ1n) is 10.1. The molecular formula is C25H16Br2FNO2. The number of benzene rings is 3. The van der Waals surface area contributed by atoms with Crippen LogP contribution in [0, 0.1) is 17.7 Å². The third kappa shape index (κ3) is 2.27. The van der Waals surface area contributed by atoms with Crippen LogP contribution in [0.5, 0.6) is 0 Å². The van der Waals surface area contributed by atoms with E-state index in [4.69, 9.17) is 0 Å². The van der Waals surface area contributed by atoms with Gasteiger partial charge in [-0.3, -0.25) is 14.5 Å². The lowest BCUT2D eigenvalue weighted by molar-refractivity contribution is -0.140. The fourth-order valence-electron chi connectivity index (χ4n) is 5.65. The molecule has 31 heavy (non-hydrogen) atoms. The Morgan fingerprint density at radius 2 is 1.10 bits per heavy atom. The molecule has 3 aromatic carbocycles. The van der Waals surface area contributed by atoms with Crippen molar-refractivity contribution >= 4 is 43.7 Å². The Labute approximate surface area is 195 Å². The lowest BCUT2D eigenvalue weighted by Gasteiger charge is -2.55. The molecule has 1 aliphatic heterocycles. The molecule has 0 aromatic heterocycles. The minimum atomic E-state index is -0.787. The summed E-state index contributed by atoms with van der Waals surface area (Å²) in [5.74, 6) is -1.92. The number of alkyl halides is 2. The number of imide groups is 1. The van der Waals surface area contributed by atoms with E-state index >= 15 is 0 Å². The minimum Gasteiger partial charge on any atom is -0.277 e. The van der Waals surface area contributed by atoms with Gasteiger partial charge in [-0.2, -0.15) is 0 Å². The van der Waals surface area contributed by atoms with Crippen molar-refractivity contribution in [1.82, 2.24) is 4.90 Å². The third-order valence-corrected chi connectivity index (χ3v) is 9.63. The van der Waals surface area contributed by atoms with Crippen LogP contribution in [0.3, 0.4) is 0 Å². The topological polar surface area (TPSA) is 37.4 Å². The smallest absolute Gasteiger partial charge is 0.235 e. The lowest BCUT2D eigenvalue weighted by Crippen LogP contribution is -2.56. The maximum absolute atomic E-state index is 13.8. The number of nitrogens with zero attached hydrogens (tertiary/aromatic N) is 1. The molecule has 154 valence electrons. The second-order valence-corrected chi connectivity index (χ2v) is 10.9. The average Bonchev–Trinajstić information content (AvgIpc) is 3.05. The van der Waals surface area contributed by atoms with E-state index in [0.29, 0.717) is 0 Å². The van der Waals surface area contributed by atoms with Crippen LogP contribution in [0.15, 0.2) is 72.8 Å². The number of hydrogen-bond acceptors (Lipinski definition) is 2. The molecule has 0 radical (unpaired) electrons. The van der Waals surface area contributed by atoms with Gasteiger partial charge in [-0.05, 0) is 39.9 Å². The van der Waals surface area contributed by atoms with Crippen molar-refractivity contribution in [2.45, 2.75) is 15.2 Å². The van der Waals surface area contributed by atoms with Gasteiger partial charge in [0.2, 0.25) is 11.8 Å². The summed E-state index contributed by atoms with van der Waals surface area (Å²) in [6, 6.07) is 21.9. The molecule has 1 saturated heterocycles. The van der Waals surface area contributed by atoms with Gasteiger partial charge in [0.15, 0.2) is 0 Å². The maximum atomic E-state index is 13.8. The SMILES string of the molecule is O=C1[C@@H]2[C@@H](C(=O)N1Cc1ccc(F)cc1)C1(Br)c3ccccc3C2(Br)c2ccccc21. The highest BCUT2D eigenvalue weighted by Crippen LogP contribution is 2.70. The standard InChI is InChI=1S/C25H16Br2FNO2/c26-24-16-5-1-2-6-17(16)25(27,19-8-4-3-7-18(19)24)21-20(24)22(30)29(23(21)31)13-14-9-11-15(28)12-10-14/h1-12,20-21H,13H2/t20-,21-,24?,25?/m0/s1. The predicted octanol–water partition coefficient (Wildman–Crippen LogP) is 5.23. The van der Waals surface area contributed by atoms with E-state index in [1.807, 2.05) is 48.5 Å². The molecule has 0 saturated carbocycles. The Kier molecular flexibility index (Phi) is 3.98. The van der Waals surface area contributed by atoms with Gasteiger partial charge in [0.25, 0.3) is 0 Å². The Bertz CT molecular complexity index is 1150. The molecule has 3 nitrogen and oxygen atoms in total. The Morgan fingerprint density at radius 3 is 1.48 bits per heavy atom. The number of rotatable bonds is 2. The fraction of sp³-hybridized carbons (Fsp3) is 0.200. The monoisotopic (exact) mass is 539 g/mol. The molecule has 0 spiro atoms. The van der Waals surface area contributed by atoms with Crippen molar-refractivity contribution in [3.05, 3.63) is 106 Å². The summed E-state index contributed by atoms with van der Waals surface area (Å²) in [6.45, 7) is 0.129. The first kappa shape index (κ1) is 19.4. The second-order valence-electron chi connectivity index (χ2n) is 8.36. The van der Waals surface area contributed by atoms with Gasteiger partial charge in [0.1, 0.15) is 5.82 Å². The number of carbonyl (C=O) groups excluding carboxylic acids is 2. The molecule has 1 fully saturated rings. The van der Waals surface area contributed by atoms with Gasteiger partial charge >= 0.3 is 0 Å². The van der Waals surface area contributed by atoms with Gasteiger partial charge in [-0.1, -0.05) is 92.5 Å². The first-order valence-corrected chi connectivity index (χ1v) is 11.6. The molecule has 0 unspecified atom stereocenters. The molecule has 1 heterocycles. The molecule has 7 rings (SSSR count). The van der Waals surface area contributed by atoms with Gasteiger partial charge in [0, 0.05) is 0 Å². The zero-order valence-electron chi connectivity index (χ0n) is 16.2. The van der Waals surface area contributed by atoms with Gasteiger partial charge in [0.05, 0.1) is 27.0 Å². The number of likely N-dealkylation sites (tertiary alicyclic amines) is 1. The van der Waals surface area contributed by atoms with Gasteiger partial charge in [-0.15, -0.1) is 0 Å². The molecule has 4 aliphatic rings. The Morgan fingerprint density at radius 1 is 0.710 bits per heavy atom. The van der Waals surface area contributed by atoms with E-state index in [1.54, 1.807) is 12.1 Å². The molecule has 2 amide bonds. The molecular weight excluding hydrogens is 525 g/mol. The second kappa shape index (κ2) is 6.36. The van der Waals surface area contributed by atoms with E-state index in [-0.39, 0.29) is 24.2 Å². The van der Waals surface area contributed by atoms with Crippen LogP contribution >= 0.6 is 31.9 Å². The highest BCUT2D eigenvalue weighted by atomic mass is 79.9. The van der Waals surface area contributed by atoms with Crippen molar-refractivity contribution in [3.63, 3.8) is 0 Å². The number of halogens is 3. The summed E-state index contributed by atoms with van der Waals surface area (Å²) in [5, 5.41) is 0. The largest absolute Gasteiger partial charge is 0.277 e. The molecule has 6 heteroatoms. The molecule has 3 aliphatic carbocycles. The first-order chi connectivity index (χ1) is 14.9. The van der Waals surface area contributed by atoms with Crippen molar-refractivity contribution in [2.75, 3.05) is 0 Å². The Hall–Kier alpha value is -2.31. The van der Waals surface area contributed by atoms with Crippen molar-refractivity contribution in [1.29, 1.82) is 0 Å². The van der Waals surface area contributed by atoms with Crippen LogP contribution in [-0.4, -0.2) is 16.7 Å². The van der Waals surface area contributed by atoms with Crippen LogP contribution in [0.2, 0.25) is 0 Å². The van der Waals surface area contributed by atoms with Crippen LogP contribution in [0.25, 0.3) is 0 Å². The van der Waals surface area contributed by atoms with Crippen LogP contribution in [0.4, 0.5) is 4.39 Å². The van der Waals surface area contributed by atoms with E-state index in [9.17, 15) is 14.0 Å². The third-order valence-electron chi connectivity index (χ3n) is 6.93. The van der Waals surface area contributed by atoms with Gasteiger partial charge < -0.3 is 0 Å². The van der Waals surface area contributed by atoms with E-state index in [2.05, 4.69) is 31.9 Å². The van der Waals surface area contributed by atoms with E-state index in [1.165, 1.54) is 17.0 Å². The molecule has 3 aromatic rings. The summed E-state index contributed by atoms with van der Waals surface area (Å²) in [5.41, 5.74) is 4.76. The molecule has 0 N–H and O–H groups in total. The lowest BCUT2D eigenvalue weighted by atomic mass is 9.54. The fourth-order valence-corrected chi connectivity index (χ4v) is 7.96. The summed E-state index contributed by atoms with van der Waals surface area (Å²) in [6.07, 6.45) is 0. The summed E-state index contributed by atoms with van der Waals surface area (Å²) >= 11 is 7.96. The number of carbonyl (C=O) groups is 2. The normalized spacial score (nSPS) is 30.2. The van der Waals surface area contributed by atoms with Crippen LogP contribution < -0.4 is 0 Å². The minimum absolute atomic E-state index is 0.129. The van der Waals surface area contributed by atoms with E-state index in [0.717, 1.165) is 27.8 Å². The highest BCUT2D eigenvalue weighted by molar-refractivity contribution is 9.10.